The number of allylic oxidation sites excluding steroid dienone is 2. The highest BCUT2D eigenvalue weighted by Gasteiger charge is 1.84. The fourth-order valence-corrected chi connectivity index (χ4v) is 0.685. The second kappa shape index (κ2) is 8.10. The summed E-state index contributed by atoms with van der Waals surface area (Å²) in [6.07, 6.45) is 3.99. The fraction of sp³-hybridized carbons (Fsp3) is 0. The molecule has 1 aromatic rings. The molecule has 15 heavy (non-hydrogen) atoms. The molecule has 0 amide bonds. The average Bonchev–Trinajstić information content (AvgIpc) is 2.28. The number of nitriles is 2. The highest BCUT2D eigenvalue weighted by molar-refractivity contribution is 5.47. The van der Waals surface area contributed by atoms with Gasteiger partial charge in [-0.2, -0.15) is 10.5 Å². The molecule has 0 aromatic heterocycles. The van der Waals surface area contributed by atoms with Crippen molar-refractivity contribution < 1.29 is 5.11 Å². The first kappa shape index (κ1) is 12.5. The minimum Gasteiger partial charge on any atom is -0.508 e. The van der Waals surface area contributed by atoms with Crippen LogP contribution in [-0.2, 0) is 0 Å². The minimum absolute atomic E-state index is 0.292. The molecule has 0 saturated heterocycles. The van der Waals surface area contributed by atoms with Crippen LogP contribution in [0.25, 0.3) is 6.08 Å². The summed E-state index contributed by atoms with van der Waals surface area (Å²) in [7, 11) is 0. The van der Waals surface area contributed by atoms with Crippen LogP contribution in [0.4, 0.5) is 0 Å². The molecule has 0 aliphatic rings. The van der Waals surface area contributed by atoms with Gasteiger partial charge in [0, 0.05) is 12.2 Å². The number of rotatable bonds is 1. The summed E-state index contributed by atoms with van der Waals surface area (Å²) in [4.78, 5) is 0. The molecule has 3 nitrogen and oxygen atoms in total. The van der Waals surface area contributed by atoms with Crippen LogP contribution >= 0.6 is 0 Å². The lowest BCUT2D eigenvalue weighted by molar-refractivity contribution is 0.475. The predicted octanol–water partition coefficient (Wildman–Crippen LogP) is 2.62. The van der Waals surface area contributed by atoms with Gasteiger partial charge in [0.05, 0.1) is 12.1 Å². The van der Waals surface area contributed by atoms with Crippen molar-refractivity contribution in [2.45, 2.75) is 0 Å². The third-order valence-electron chi connectivity index (χ3n) is 1.36. The summed E-state index contributed by atoms with van der Waals surface area (Å²) in [5, 5.41) is 24.2. The van der Waals surface area contributed by atoms with Gasteiger partial charge in [-0.15, -0.1) is 0 Å². The van der Waals surface area contributed by atoms with E-state index in [-0.39, 0.29) is 0 Å². The van der Waals surface area contributed by atoms with E-state index in [9.17, 15) is 0 Å². The van der Waals surface area contributed by atoms with E-state index in [4.69, 9.17) is 15.6 Å². The topological polar surface area (TPSA) is 67.8 Å². The third-order valence-corrected chi connectivity index (χ3v) is 1.36. The molecule has 0 atom stereocenters. The first-order valence-electron chi connectivity index (χ1n) is 4.10. The van der Waals surface area contributed by atoms with Crippen molar-refractivity contribution in [2.75, 3.05) is 0 Å². The van der Waals surface area contributed by atoms with Gasteiger partial charge in [0.15, 0.2) is 0 Å². The van der Waals surface area contributed by atoms with Crippen molar-refractivity contribution in [1.29, 1.82) is 10.5 Å². The molecule has 0 radical (unpaired) electrons. The van der Waals surface area contributed by atoms with E-state index in [1.165, 1.54) is 0 Å². The van der Waals surface area contributed by atoms with E-state index in [0.29, 0.717) is 5.75 Å². The second-order valence-corrected chi connectivity index (χ2v) is 2.39. The molecular weight excluding hydrogens is 188 g/mol. The predicted molar refractivity (Wildman–Crippen MR) is 58.6 cm³/mol. The zero-order valence-corrected chi connectivity index (χ0v) is 8.09. The molecule has 0 aliphatic carbocycles. The molecule has 0 spiro atoms. The van der Waals surface area contributed by atoms with Crippen LogP contribution < -0.4 is 0 Å². The molecule has 0 fully saturated rings. The number of aromatic hydroxyl groups is 1. The number of nitrogens with zero attached hydrogens (tertiary/aromatic N) is 2. The Labute approximate surface area is 88.8 Å². The number of hydrogen-bond acceptors (Lipinski definition) is 3. The smallest absolute Gasteiger partial charge is 0.115 e. The van der Waals surface area contributed by atoms with Gasteiger partial charge >= 0.3 is 0 Å². The SMILES string of the molecule is C=Cc1ccc(O)cc1.N#C/C=C/C#N. The lowest BCUT2D eigenvalue weighted by atomic mass is 10.2. The highest BCUT2D eigenvalue weighted by atomic mass is 16.3. The maximum absolute atomic E-state index is 8.82. The lowest BCUT2D eigenvalue weighted by Gasteiger charge is -1.90. The van der Waals surface area contributed by atoms with Gasteiger partial charge in [0.25, 0.3) is 0 Å². The van der Waals surface area contributed by atoms with Gasteiger partial charge in [-0.1, -0.05) is 24.8 Å². The molecule has 0 unspecified atom stereocenters. The van der Waals surface area contributed by atoms with Crippen molar-refractivity contribution in [3.05, 3.63) is 48.6 Å². The van der Waals surface area contributed by atoms with Crippen molar-refractivity contribution in [1.82, 2.24) is 0 Å². The average molecular weight is 198 g/mol. The van der Waals surface area contributed by atoms with E-state index in [0.717, 1.165) is 17.7 Å². The fourth-order valence-electron chi connectivity index (χ4n) is 0.685. The molecule has 0 aliphatic heterocycles. The monoisotopic (exact) mass is 198 g/mol. The summed E-state index contributed by atoms with van der Waals surface area (Å²) in [5.41, 5.74) is 1.02. The number of phenols is 1. The third kappa shape index (κ3) is 6.62. The Kier molecular flexibility index (Phi) is 6.74. The van der Waals surface area contributed by atoms with Crippen molar-refractivity contribution in [3.8, 4) is 17.9 Å². The molecule has 1 rings (SSSR count). The number of hydrogen-bond donors (Lipinski definition) is 1. The Balaban J connectivity index is 0.000000288. The van der Waals surface area contributed by atoms with Crippen LogP contribution in [0.15, 0.2) is 43.0 Å². The number of phenolic OH excluding ortho intramolecular Hbond substituents is 1. The van der Waals surface area contributed by atoms with Crippen LogP contribution in [0.5, 0.6) is 5.75 Å². The molecule has 3 heteroatoms. The van der Waals surface area contributed by atoms with Crippen LogP contribution in [-0.4, -0.2) is 5.11 Å². The quantitative estimate of drug-likeness (QED) is 0.705. The normalized spacial score (nSPS) is 8.13. The summed E-state index contributed by atoms with van der Waals surface area (Å²) in [6, 6.07) is 10.2. The summed E-state index contributed by atoms with van der Waals surface area (Å²) in [5.74, 6) is 0.292. The first-order chi connectivity index (χ1) is 7.24. The molecule has 0 bridgehead atoms. The minimum atomic E-state index is 0.292. The van der Waals surface area contributed by atoms with Crippen LogP contribution in [0.2, 0.25) is 0 Å². The number of benzene rings is 1. The van der Waals surface area contributed by atoms with Crippen LogP contribution in [0, 0.1) is 22.7 Å². The Morgan fingerprint density at radius 2 is 1.53 bits per heavy atom. The van der Waals surface area contributed by atoms with Crippen molar-refractivity contribution in [2.24, 2.45) is 0 Å². The van der Waals surface area contributed by atoms with Gasteiger partial charge in [0.1, 0.15) is 5.75 Å². The summed E-state index contributed by atoms with van der Waals surface area (Å²) >= 11 is 0. The molecule has 1 N–H and O–H groups in total. The zero-order valence-electron chi connectivity index (χ0n) is 8.09. The summed E-state index contributed by atoms with van der Waals surface area (Å²) < 4.78 is 0. The van der Waals surface area contributed by atoms with Crippen molar-refractivity contribution in [3.63, 3.8) is 0 Å². The molecule has 1 aromatic carbocycles. The van der Waals surface area contributed by atoms with Gasteiger partial charge in [-0.3, -0.25) is 0 Å². The standard InChI is InChI=1S/C8H8O.C4H2N2/c1-2-7-3-5-8(9)6-4-7;5-3-1-2-4-6/h2-6,9H,1H2;1-2H/b;2-1+. The van der Waals surface area contributed by atoms with Gasteiger partial charge in [0.2, 0.25) is 0 Å². The van der Waals surface area contributed by atoms with Gasteiger partial charge in [-0.25, -0.2) is 0 Å². The molecule has 0 heterocycles. The van der Waals surface area contributed by atoms with Crippen LogP contribution in [0.3, 0.4) is 0 Å². The Morgan fingerprint density at radius 3 is 1.87 bits per heavy atom. The maximum atomic E-state index is 8.82. The maximum Gasteiger partial charge on any atom is 0.115 e. The van der Waals surface area contributed by atoms with Crippen LogP contribution in [0.1, 0.15) is 5.56 Å². The molecular formula is C12H10N2O. The molecule has 0 saturated carbocycles. The second-order valence-electron chi connectivity index (χ2n) is 2.39. The van der Waals surface area contributed by atoms with Crippen molar-refractivity contribution >= 4 is 6.08 Å². The van der Waals surface area contributed by atoms with E-state index >= 15 is 0 Å². The summed E-state index contributed by atoms with van der Waals surface area (Å²) in [6.45, 7) is 3.58. The lowest BCUT2D eigenvalue weighted by Crippen LogP contribution is -1.67. The van der Waals surface area contributed by atoms with E-state index in [1.54, 1.807) is 30.3 Å². The highest BCUT2D eigenvalue weighted by Crippen LogP contribution is 2.09. The van der Waals surface area contributed by atoms with E-state index < -0.39 is 0 Å². The Bertz CT molecular complexity index is 389. The molecule has 74 valence electrons. The largest absolute Gasteiger partial charge is 0.508 e. The van der Waals surface area contributed by atoms with Gasteiger partial charge in [-0.05, 0) is 17.7 Å². The first-order valence-corrected chi connectivity index (χ1v) is 4.10. The Hall–Kier alpha value is -2.52. The van der Waals surface area contributed by atoms with Gasteiger partial charge < -0.3 is 5.11 Å². The zero-order chi connectivity index (χ0) is 11.5. The van der Waals surface area contributed by atoms with E-state index in [2.05, 4.69) is 6.58 Å². The Morgan fingerprint density at radius 1 is 1.07 bits per heavy atom. The van der Waals surface area contributed by atoms with E-state index in [1.807, 2.05) is 12.1 Å².